The van der Waals surface area contributed by atoms with E-state index >= 15 is 0 Å². The van der Waals surface area contributed by atoms with E-state index in [1.165, 1.54) is 45.1 Å². The molecule has 18 heavy (non-hydrogen) atoms. The van der Waals surface area contributed by atoms with E-state index in [4.69, 9.17) is 0 Å². The average molecular weight is 281 g/mol. The van der Waals surface area contributed by atoms with Gasteiger partial charge in [-0.1, -0.05) is 0 Å². The van der Waals surface area contributed by atoms with Crippen molar-refractivity contribution in [1.82, 2.24) is 5.32 Å². The highest BCUT2D eigenvalue weighted by atomic mass is 32.2. The van der Waals surface area contributed by atoms with Crippen molar-refractivity contribution in [2.24, 2.45) is 0 Å². The first kappa shape index (κ1) is 13.0. The first-order valence-electron chi connectivity index (χ1n) is 7.12. The third kappa shape index (κ3) is 2.63. The van der Waals surface area contributed by atoms with Crippen molar-refractivity contribution >= 4 is 23.1 Å². The Balaban J connectivity index is 1.61. The Labute approximate surface area is 119 Å². The standard InChI is InChI=1S/C15H23NS2/c1-11(16-10-15(17-2)7-8-15)14-9-12-5-3-4-6-13(12)18-14/h9,11,16H,3-8,10H2,1-2H3. The lowest BCUT2D eigenvalue weighted by Crippen LogP contribution is -2.28. The van der Waals surface area contributed by atoms with Crippen LogP contribution in [0.1, 0.15) is 54.0 Å². The van der Waals surface area contributed by atoms with Crippen LogP contribution < -0.4 is 5.32 Å². The van der Waals surface area contributed by atoms with Gasteiger partial charge in [-0.25, -0.2) is 0 Å². The van der Waals surface area contributed by atoms with Crippen LogP contribution in [0, 0.1) is 0 Å². The lowest BCUT2D eigenvalue weighted by molar-refractivity contribution is 0.570. The minimum absolute atomic E-state index is 0.533. The fourth-order valence-electron chi connectivity index (χ4n) is 2.76. The summed E-state index contributed by atoms with van der Waals surface area (Å²) >= 11 is 4.10. The van der Waals surface area contributed by atoms with E-state index in [1.807, 2.05) is 11.8 Å². The van der Waals surface area contributed by atoms with Crippen molar-refractivity contribution in [2.45, 2.75) is 56.2 Å². The minimum atomic E-state index is 0.533. The Morgan fingerprint density at radius 3 is 2.83 bits per heavy atom. The topological polar surface area (TPSA) is 12.0 Å². The molecule has 0 amide bonds. The molecule has 1 atom stereocenters. The van der Waals surface area contributed by atoms with Crippen molar-refractivity contribution in [1.29, 1.82) is 0 Å². The Kier molecular flexibility index (Phi) is 3.75. The molecule has 0 bridgehead atoms. The molecule has 1 fully saturated rings. The lowest BCUT2D eigenvalue weighted by atomic mass is 9.99. The van der Waals surface area contributed by atoms with Crippen LogP contribution in [0.3, 0.4) is 0 Å². The molecule has 1 aromatic heterocycles. The van der Waals surface area contributed by atoms with E-state index in [-0.39, 0.29) is 0 Å². The molecule has 100 valence electrons. The van der Waals surface area contributed by atoms with Gasteiger partial charge >= 0.3 is 0 Å². The summed E-state index contributed by atoms with van der Waals surface area (Å²) < 4.78 is 0.575. The predicted octanol–water partition coefficient (Wildman–Crippen LogP) is 4.17. The van der Waals surface area contributed by atoms with Gasteiger partial charge in [0.15, 0.2) is 0 Å². The molecule has 0 radical (unpaired) electrons. The molecule has 1 aromatic rings. The Morgan fingerprint density at radius 1 is 1.39 bits per heavy atom. The van der Waals surface area contributed by atoms with E-state index in [0.29, 0.717) is 10.8 Å². The van der Waals surface area contributed by atoms with Crippen molar-refractivity contribution in [2.75, 3.05) is 12.8 Å². The Hall–Kier alpha value is 0.01000. The zero-order chi connectivity index (χ0) is 12.6. The van der Waals surface area contributed by atoms with E-state index in [1.54, 1.807) is 15.3 Å². The molecule has 2 aliphatic carbocycles. The molecule has 1 unspecified atom stereocenters. The molecular weight excluding hydrogens is 258 g/mol. The first-order valence-corrected chi connectivity index (χ1v) is 9.17. The summed E-state index contributed by atoms with van der Waals surface area (Å²) in [4.78, 5) is 3.22. The number of fused-ring (bicyclic) bond motifs is 1. The summed E-state index contributed by atoms with van der Waals surface area (Å²) in [6, 6.07) is 3.00. The first-order chi connectivity index (χ1) is 8.72. The molecule has 1 heterocycles. The SMILES string of the molecule is CSC1(CNC(C)c2cc3c(s2)CCCC3)CC1. The van der Waals surface area contributed by atoms with Gasteiger partial charge in [0.05, 0.1) is 0 Å². The maximum Gasteiger partial charge on any atom is 0.0386 e. The van der Waals surface area contributed by atoms with Crippen LogP contribution in [-0.2, 0) is 12.8 Å². The zero-order valence-electron chi connectivity index (χ0n) is 11.4. The fourth-order valence-corrected chi connectivity index (χ4v) is 4.78. The summed E-state index contributed by atoms with van der Waals surface area (Å²) in [6.07, 6.45) is 10.5. The number of hydrogen-bond acceptors (Lipinski definition) is 3. The summed E-state index contributed by atoms with van der Waals surface area (Å²) in [6.45, 7) is 3.51. The minimum Gasteiger partial charge on any atom is -0.308 e. The number of rotatable bonds is 5. The fraction of sp³-hybridized carbons (Fsp3) is 0.733. The average Bonchev–Trinajstić information content (AvgIpc) is 3.05. The van der Waals surface area contributed by atoms with Gasteiger partial charge in [-0.2, -0.15) is 11.8 Å². The molecular formula is C15H23NS2. The van der Waals surface area contributed by atoms with Crippen LogP contribution in [0.2, 0.25) is 0 Å². The van der Waals surface area contributed by atoms with Gasteiger partial charge in [0.2, 0.25) is 0 Å². The van der Waals surface area contributed by atoms with E-state index in [0.717, 1.165) is 0 Å². The number of nitrogens with one attached hydrogen (secondary N) is 1. The van der Waals surface area contributed by atoms with Gasteiger partial charge in [-0.15, -0.1) is 11.3 Å². The predicted molar refractivity (Wildman–Crippen MR) is 82.9 cm³/mol. The van der Waals surface area contributed by atoms with Gasteiger partial charge in [0.1, 0.15) is 0 Å². The summed E-state index contributed by atoms with van der Waals surface area (Å²) in [5, 5.41) is 3.75. The van der Waals surface area contributed by atoms with Crippen molar-refractivity contribution in [3.63, 3.8) is 0 Å². The maximum absolute atomic E-state index is 3.75. The molecule has 0 saturated heterocycles. The molecule has 1 saturated carbocycles. The van der Waals surface area contributed by atoms with Crippen LogP contribution in [0.25, 0.3) is 0 Å². The highest BCUT2D eigenvalue weighted by Crippen LogP contribution is 2.46. The second kappa shape index (κ2) is 5.18. The highest BCUT2D eigenvalue weighted by Gasteiger charge is 2.41. The maximum atomic E-state index is 3.75. The van der Waals surface area contributed by atoms with Gasteiger partial charge in [0, 0.05) is 27.1 Å². The van der Waals surface area contributed by atoms with Crippen LogP contribution >= 0.6 is 23.1 Å². The summed E-state index contributed by atoms with van der Waals surface area (Å²) in [5.41, 5.74) is 1.64. The quantitative estimate of drug-likeness (QED) is 0.869. The number of hydrogen-bond donors (Lipinski definition) is 1. The molecule has 0 spiro atoms. The smallest absolute Gasteiger partial charge is 0.0386 e. The largest absolute Gasteiger partial charge is 0.308 e. The molecule has 1 N–H and O–H groups in total. The second-order valence-corrected chi connectivity index (χ2v) is 8.24. The Morgan fingerprint density at radius 2 is 2.17 bits per heavy atom. The molecule has 0 aliphatic heterocycles. The van der Waals surface area contributed by atoms with Gasteiger partial charge in [0.25, 0.3) is 0 Å². The molecule has 0 aromatic carbocycles. The van der Waals surface area contributed by atoms with Gasteiger partial charge in [-0.3, -0.25) is 0 Å². The van der Waals surface area contributed by atoms with Crippen LogP contribution in [0.5, 0.6) is 0 Å². The third-order valence-electron chi connectivity index (χ3n) is 4.41. The molecule has 1 nitrogen and oxygen atoms in total. The van der Waals surface area contributed by atoms with E-state index < -0.39 is 0 Å². The highest BCUT2D eigenvalue weighted by molar-refractivity contribution is 8.00. The van der Waals surface area contributed by atoms with Gasteiger partial charge in [-0.05, 0) is 63.3 Å². The van der Waals surface area contributed by atoms with Crippen molar-refractivity contribution in [3.05, 3.63) is 21.4 Å². The second-order valence-electron chi connectivity index (χ2n) is 5.79. The zero-order valence-corrected chi connectivity index (χ0v) is 13.1. The van der Waals surface area contributed by atoms with Crippen LogP contribution in [-0.4, -0.2) is 17.5 Å². The summed E-state index contributed by atoms with van der Waals surface area (Å²) in [7, 11) is 0. The van der Waals surface area contributed by atoms with E-state index in [9.17, 15) is 0 Å². The van der Waals surface area contributed by atoms with Crippen LogP contribution in [0.15, 0.2) is 6.07 Å². The Bertz CT molecular complexity index is 397. The number of thiophene rings is 1. The van der Waals surface area contributed by atoms with Crippen LogP contribution in [0.4, 0.5) is 0 Å². The third-order valence-corrected chi connectivity index (χ3v) is 7.25. The molecule has 2 aliphatic rings. The monoisotopic (exact) mass is 281 g/mol. The normalized spacial score (nSPS) is 22.6. The lowest BCUT2D eigenvalue weighted by Gasteiger charge is -2.17. The van der Waals surface area contributed by atoms with Crippen molar-refractivity contribution in [3.8, 4) is 0 Å². The van der Waals surface area contributed by atoms with Gasteiger partial charge < -0.3 is 5.32 Å². The molecule has 3 rings (SSSR count). The number of thioether (sulfide) groups is 1. The summed E-state index contributed by atoms with van der Waals surface area (Å²) in [5.74, 6) is 0. The van der Waals surface area contributed by atoms with E-state index in [2.05, 4.69) is 35.9 Å². The van der Waals surface area contributed by atoms with Crippen molar-refractivity contribution < 1.29 is 0 Å². The number of aryl methyl sites for hydroxylation is 2. The molecule has 3 heteroatoms.